The van der Waals surface area contributed by atoms with E-state index in [1.54, 1.807) is 30.9 Å². The number of carbonyl (C=O) groups is 4. The summed E-state index contributed by atoms with van der Waals surface area (Å²) in [7, 11) is 0. The molecule has 43 heavy (non-hydrogen) atoms. The van der Waals surface area contributed by atoms with Crippen LogP contribution < -0.4 is 5.32 Å². The van der Waals surface area contributed by atoms with Crippen molar-refractivity contribution in [3.8, 4) is 10.7 Å². The van der Waals surface area contributed by atoms with Gasteiger partial charge in [-0.1, -0.05) is 63.9 Å². The Hall–Kier alpha value is -4.19. The van der Waals surface area contributed by atoms with Crippen LogP contribution in [-0.2, 0) is 20.8 Å². The van der Waals surface area contributed by atoms with Gasteiger partial charge >= 0.3 is 6.09 Å². The molecule has 2 aromatic heterocycles. The lowest BCUT2D eigenvalue weighted by atomic mass is 9.91. The highest BCUT2D eigenvalue weighted by atomic mass is 32.1. The van der Waals surface area contributed by atoms with E-state index in [2.05, 4.69) is 20.3 Å². The van der Waals surface area contributed by atoms with E-state index in [4.69, 9.17) is 0 Å². The van der Waals surface area contributed by atoms with Gasteiger partial charge in [0, 0.05) is 24.3 Å². The Labute approximate surface area is 255 Å². The van der Waals surface area contributed by atoms with Gasteiger partial charge in [0.1, 0.15) is 22.9 Å². The molecule has 3 heterocycles. The average molecular weight is 607 g/mol. The number of rotatable bonds is 12. The van der Waals surface area contributed by atoms with Gasteiger partial charge in [-0.25, -0.2) is 9.78 Å². The van der Waals surface area contributed by atoms with Crippen molar-refractivity contribution in [1.82, 2.24) is 30.1 Å². The quantitative estimate of drug-likeness (QED) is 0.282. The molecule has 12 heteroatoms. The summed E-state index contributed by atoms with van der Waals surface area (Å²) in [6.45, 7) is 7.92. The highest BCUT2D eigenvalue weighted by molar-refractivity contribution is 7.13. The van der Waals surface area contributed by atoms with Gasteiger partial charge in [-0.3, -0.25) is 29.3 Å². The van der Waals surface area contributed by atoms with Gasteiger partial charge in [-0.15, -0.1) is 11.3 Å². The lowest BCUT2D eigenvalue weighted by Gasteiger charge is -2.37. The molecule has 11 nitrogen and oxygen atoms in total. The molecule has 1 fully saturated rings. The normalized spacial score (nSPS) is 17.2. The van der Waals surface area contributed by atoms with Crippen molar-refractivity contribution in [2.75, 3.05) is 6.54 Å². The molecule has 3 amide bonds. The number of Topliss-reactive ketones (excluding diaryl/α,β-unsaturated/α-hetero) is 1. The van der Waals surface area contributed by atoms with Crippen LogP contribution in [-0.4, -0.2) is 72.3 Å². The van der Waals surface area contributed by atoms with Gasteiger partial charge in [0.25, 0.3) is 5.91 Å². The standard InChI is InChI=1S/C31H38N6O5S/c1-5-6-12-24(27(39)28(40)34-20(2)21-10-8-7-9-11-21)37(30(41)42)25-16-31(3,4)19-36(25)26(38)15-22-18-43-29(35-22)23-17-32-13-14-33-23/h7-11,13-14,17-18,20,24-25H,5-6,12,15-16,19H2,1-4H3,(H,34,40)(H,41,42)/t20?,24-,25?/m0/s1. The first kappa shape index (κ1) is 31.7. The van der Waals surface area contributed by atoms with Gasteiger partial charge in [0.05, 0.1) is 24.4 Å². The molecule has 3 atom stereocenters. The predicted octanol–water partition coefficient (Wildman–Crippen LogP) is 4.71. The lowest BCUT2D eigenvalue weighted by molar-refractivity contribution is -0.144. The molecule has 2 N–H and O–H groups in total. The second kappa shape index (κ2) is 13.9. The van der Waals surface area contributed by atoms with E-state index in [0.717, 1.165) is 10.5 Å². The fourth-order valence-corrected chi connectivity index (χ4v) is 6.20. The number of nitrogens with one attached hydrogen (secondary N) is 1. The Bertz CT molecular complexity index is 1430. The summed E-state index contributed by atoms with van der Waals surface area (Å²) in [4.78, 5) is 68.8. The van der Waals surface area contributed by atoms with Crippen molar-refractivity contribution < 1.29 is 24.3 Å². The Balaban J connectivity index is 1.57. The van der Waals surface area contributed by atoms with Crippen molar-refractivity contribution in [1.29, 1.82) is 0 Å². The first-order chi connectivity index (χ1) is 20.5. The molecule has 1 saturated heterocycles. The van der Waals surface area contributed by atoms with Gasteiger partial charge in [-0.05, 0) is 30.7 Å². The summed E-state index contributed by atoms with van der Waals surface area (Å²) >= 11 is 1.35. The van der Waals surface area contributed by atoms with Crippen LogP contribution >= 0.6 is 11.3 Å². The second-order valence-corrected chi connectivity index (χ2v) is 12.5. The highest BCUT2D eigenvalue weighted by Crippen LogP contribution is 2.37. The molecule has 228 valence electrons. The van der Waals surface area contributed by atoms with E-state index in [-0.39, 0.29) is 18.7 Å². The summed E-state index contributed by atoms with van der Waals surface area (Å²) in [5.41, 5.74) is 1.54. The predicted molar refractivity (Wildman–Crippen MR) is 162 cm³/mol. The maximum atomic E-state index is 13.7. The molecule has 0 radical (unpaired) electrons. The minimum atomic E-state index is -1.35. The van der Waals surface area contributed by atoms with Crippen LogP contribution in [0.4, 0.5) is 4.79 Å². The fourth-order valence-electron chi connectivity index (χ4n) is 5.42. The molecule has 2 unspecified atom stereocenters. The first-order valence-electron chi connectivity index (χ1n) is 14.4. The fraction of sp³-hybridized carbons (Fsp3) is 0.452. The van der Waals surface area contributed by atoms with E-state index in [1.807, 2.05) is 51.1 Å². The Morgan fingerprint density at radius 1 is 1.19 bits per heavy atom. The summed E-state index contributed by atoms with van der Waals surface area (Å²) in [6.07, 6.45) is 4.16. The maximum absolute atomic E-state index is 13.7. The smallest absolute Gasteiger partial charge is 0.409 e. The molecule has 4 rings (SSSR count). The van der Waals surface area contributed by atoms with Crippen LogP contribution in [0.2, 0.25) is 0 Å². The van der Waals surface area contributed by atoms with Gasteiger partial charge < -0.3 is 15.3 Å². The Kier molecular flexibility index (Phi) is 10.2. The zero-order valence-electron chi connectivity index (χ0n) is 24.9. The van der Waals surface area contributed by atoms with Gasteiger partial charge in [-0.2, -0.15) is 0 Å². The minimum Gasteiger partial charge on any atom is -0.465 e. The molecule has 1 aliphatic rings. The van der Waals surface area contributed by atoms with E-state index in [1.165, 1.54) is 16.2 Å². The molecular weight excluding hydrogens is 568 g/mol. The maximum Gasteiger partial charge on any atom is 0.409 e. The number of amides is 3. The third-order valence-corrected chi connectivity index (χ3v) is 8.48. The van der Waals surface area contributed by atoms with E-state index in [9.17, 15) is 24.3 Å². The van der Waals surface area contributed by atoms with Gasteiger partial charge in [0.2, 0.25) is 11.7 Å². The minimum absolute atomic E-state index is 0.0422. The summed E-state index contributed by atoms with van der Waals surface area (Å²) in [5.74, 6) is -1.98. The van der Waals surface area contributed by atoms with Crippen LogP contribution in [0.15, 0.2) is 54.3 Å². The lowest BCUT2D eigenvalue weighted by Crippen LogP contribution is -2.58. The average Bonchev–Trinajstić information content (AvgIpc) is 3.58. The SMILES string of the molecule is CCCC[C@@H](C(=O)C(=O)NC(C)c1ccccc1)N(C(=O)O)C1CC(C)(C)CN1C(=O)Cc1csc(-c2cnccn2)n1. The molecule has 0 bridgehead atoms. The molecule has 1 aromatic carbocycles. The van der Waals surface area contributed by atoms with Crippen LogP contribution in [0, 0.1) is 5.41 Å². The van der Waals surface area contributed by atoms with Crippen molar-refractivity contribution in [3.63, 3.8) is 0 Å². The number of benzene rings is 1. The summed E-state index contributed by atoms with van der Waals surface area (Å²) in [6, 6.07) is 7.54. The number of hydrogen-bond acceptors (Lipinski definition) is 8. The number of thiazole rings is 1. The largest absolute Gasteiger partial charge is 0.465 e. The molecule has 1 aliphatic heterocycles. The van der Waals surface area contributed by atoms with Crippen LogP contribution in [0.1, 0.15) is 70.7 Å². The number of aromatic nitrogens is 3. The first-order valence-corrected chi connectivity index (χ1v) is 15.3. The van der Waals surface area contributed by atoms with Crippen molar-refractivity contribution in [3.05, 3.63) is 65.6 Å². The second-order valence-electron chi connectivity index (χ2n) is 11.6. The number of carbonyl (C=O) groups excluding carboxylic acids is 3. The number of unbranched alkanes of at least 4 members (excludes halogenated alkanes) is 1. The third kappa shape index (κ3) is 7.81. The molecule has 0 spiro atoms. The zero-order chi connectivity index (χ0) is 31.1. The number of carboxylic acid groups (broad SMARTS) is 1. The Morgan fingerprint density at radius 3 is 2.58 bits per heavy atom. The van der Waals surface area contributed by atoms with E-state index < -0.39 is 41.4 Å². The van der Waals surface area contributed by atoms with E-state index >= 15 is 0 Å². The van der Waals surface area contributed by atoms with Crippen molar-refractivity contribution in [2.45, 2.75) is 78.0 Å². The molecule has 0 aliphatic carbocycles. The number of ketones is 1. The highest BCUT2D eigenvalue weighted by Gasteiger charge is 2.48. The van der Waals surface area contributed by atoms with Crippen molar-refractivity contribution >= 4 is 35.0 Å². The summed E-state index contributed by atoms with van der Waals surface area (Å²) in [5, 5.41) is 15.6. The van der Waals surface area contributed by atoms with Crippen molar-refractivity contribution in [2.24, 2.45) is 5.41 Å². The zero-order valence-corrected chi connectivity index (χ0v) is 25.7. The number of nitrogens with zero attached hydrogens (tertiary/aromatic N) is 5. The summed E-state index contributed by atoms with van der Waals surface area (Å²) < 4.78 is 0. The van der Waals surface area contributed by atoms with Crippen LogP contribution in [0.3, 0.4) is 0 Å². The molecular formula is C31H38N6O5S. The van der Waals surface area contributed by atoms with E-state index in [0.29, 0.717) is 42.2 Å². The number of hydrogen-bond donors (Lipinski definition) is 2. The van der Waals surface area contributed by atoms with Crippen LogP contribution in [0.5, 0.6) is 0 Å². The topological polar surface area (TPSA) is 146 Å². The number of likely N-dealkylation sites (tertiary alicyclic amines) is 1. The molecule has 3 aromatic rings. The molecule has 0 saturated carbocycles. The van der Waals surface area contributed by atoms with Crippen LogP contribution in [0.25, 0.3) is 10.7 Å². The third-order valence-electron chi connectivity index (χ3n) is 7.56. The monoisotopic (exact) mass is 606 g/mol. The van der Waals surface area contributed by atoms with Gasteiger partial charge in [0.15, 0.2) is 0 Å². The Morgan fingerprint density at radius 2 is 1.93 bits per heavy atom.